The predicted octanol–water partition coefficient (Wildman–Crippen LogP) is 1.63. The van der Waals surface area contributed by atoms with Crippen LogP contribution in [0.25, 0.3) is 11.0 Å². The Bertz CT molecular complexity index is 1540. The molecule has 2 aromatic heterocycles. The number of aryl methyl sites for hydroxylation is 1. The summed E-state index contributed by atoms with van der Waals surface area (Å²) in [6.45, 7) is 2.98. The Hall–Kier alpha value is -3.83. The van der Waals surface area contributed by atoms with E-state index in [1.165, 1.54) is 50.9 Å². The van der Waals surface area contributed by atoms with Gasteiger partial charge in [-0.2, -0.15) is 5.10 Å². The van der Waals surface area contributed by atoms with E-state index >= 15 is 0 Å². The highest BCUT2D eigenvalue weighted by Gasteiger charge is 2.17. The minimum absolute atomic E-state index is 0.112. The smallest absolute Gasteiger partial charge is 0.264 e. The molecule has 4 aromatic rings. The normalized spacial score (nSPS) is 11.8. The van der Waals surface area contributed by atoms with Crippen molar-refractivity contribution >= 4 is 27.0 Å². The summed E-state index contributed by atoms with van der Waals surface area (Å²) >= 11 is 0. The summed E-state index contributed by atoms with van der Waals surface area (Å²) in [5.41, 5.74) is 2.73. The number of amides is 1. The monoisotopic (exact) mass is 494 g/mol. The van der Waals surface area contributed by atoms with Gasteiger partial charge in [0.05, 0.1) is 24.2 Å². The quantitative estimate of drug-likeness (QED) is 0.398. The van der Waals surface area contributed by atoms with Gasteiger partial charge in [0.25, 0.3) is 11.5 Å². The van der Waals surface area contributed by atoms with Crippen LogP contribution in [0.4, 0.5) is 0 Å². The summed E-state index contributed by atoms with van der Waals surface area (Å²) in [6, 6.07) is 13.7. The standard InChI is InChI=1S/C24H26N6O4S/c1-17-5-4-6-18(13-17)15-29-16-26-22-21(24(29)32)14-27-30(22)12-11-25-23(31)19-7-9-20(10-8-19)35(33,34)28(2)3/h4-10,13-14,16H,11-12,15H2,1-3H3,(H,25,31). The van der Waals surface area contributed by atoms with Crippen LogP contribution in [0.1, 0.15) is 21.5 Å². The average Bonchev–Trinajstić information content (AvgIpc) is 3.24. The Morgan fingerprint density at radius 1 is 1.11 bits per heavy atom. The number of fused-ring (bicyclic) bond motifs is 1. The maximum atomic E-state index is 12.9. The number of hydrogen-bond donors (Lipinski definition) is 1. The van der Waals surface area contributed by atoms with Gasteiger partial charge in [0, 0.05) is 26.2 Å². The van der Waals surface area contributed by atoms with Crippen molar-refractivity contribution < 1.29 is 13.2 Å². The summed E-state index contributed by atoms with van der Waals surface area (Å²) in [5.74, 6) is -0.344. The van der Waals surface area contributed by atoms with E-state index in [1.807, 2.05) is 31.2 Å². The number of rotatable bonds is 8. The van der Waals surface area contributed by atoms with Gasteiger partial charge in [-0.05, 0) is 36.8 Å². The molecular weight excluding hydrogens is 468 g/mol. The number of nitrogens with one attached hydrogen (secondary N) is 1. The minimum atomic E-state index is -3.56. The Kier molecular flexibility index (Phi) is 6.81. The molecule has 0 saturated heterocycles. The number of carbonyl (C=O) groups is 1. The first-order valence-electron chi connectivity index (χ1n) is 10.9. The lowest BCUT2D eigenvalue weighted by Gasteiger charge is -2.11. The number of aromatic nitrogens is 4. The van der Waals surface area contributed by atoms with E-state index in [2.05, 4.69) is 15.4 Å². The highest BCUT2D eigenvalue weighted by atomic mass is 32.2. The molecule has 2 aromatic carbocycles. The van der Waals surface area contributed by atoms with Gasteiger partial charge >= 0.3 is 0 Å². The molecule has 10 nitrogen and oxygen atoms in total. The molecule has 1 amide bonds. The van der Waals surface area contributed by atoms with Crippen molar-refractivity contribution in [2.24, 2.45) is 0 Å². The van der Waals surface area contributed by atoms with Gasteiger partial charge in [-0.15, -0.1) is 0 Å². The highest BCUT2D eigenvalue weighted by Crippen LogP contribution is 2.14. The third-order valence-corrected chi connectivity index (χ3v) is 7.39. The van der Waals surface area contributed by atoms with E-state index in [0.717, 1.165) is 15.4 Å². The van der Waals surface area contributed by atoms with Gasteiger partial charge in [0.1, 0.15) is 11.7 Å². The largest absolute Gasteiger partial charge is 0.350 e. The molecule has 0 aliphatic carbocycles. The first-order valence-corrected chi connectivity index (χ1v) is 12.4. The third-order valence-electron chi connectivity index (χ3n) is 5.56. The molecule has 35 heavy (non-hydrogen) atoms. The van der Waals surface area contributed by atoms with Crippen LogP contribution >= 0.6 is 0 Å². The van der Waals surface area contributed by atoms with Crippen LogP contribution in [0.5, 0.6) is 0 Å². The van der Waals surface area contributed by atoms with E-state index in [0.29, 0.717) is 29.7 Å². The summed E-state index contributed by atoms with van der Waals surface area (Å²) in [5, 5.41) is 7.44. The number of sulfonamides is 1. The molecule has 0 saturated carbocycles. The van der Waals surface area contributed by atoms with Crippen molar-refractivity contribution in [3.05, 3.63) is 88.1 Å². The lowest BCUT2D eigenvalue weighted by atomic mass is 10.1. The van der Waals surface area contributed by atoms with Crippen LogP contribution in [0.2, 0.25) is 0 Å². The Morgan fingerprint density at radius 2 is 1.86 bits per heavy atom. The minimum Gasteiger partial charge on any atom is -0.350 e. The average molecular weight is 495 g/mol. The zero-order chi connectivity index (χ0) is 25.2. The van der Waals surface area contributed by atoms with Gasteiger partial charge < -0.3 is 5.32 Å². The Morgan fingerprint density at radius 3 is 2.54 bits per heavy atom. The number of carbonyl (C=O) groups excluding carboxylic acids is 1. The van der Waals surface area contributed by atoms with Gasteiger partial charge in [-0.25, -0.2) is 22.4 Å². The van der Waals surface area contributed by atoms with Crippen molar-refractivity contribution in [3.8, 4) is 0 Å². The molecule has 2 heterocycles. The van der Waals surface area contributed by atoms with Gasteiger partial charge in [0.15, 0.2) is 5.65 Å². The van der Waals surface area contributed by atoms with E-state index < -0.39 is 10.0 Å². The molecule has 1 N–H and O–H groups in total. The topological polar surface area (TPSA) is 119 Å². The molecule has 0 radical (unpaired) electrons. The molecule has 0 spiro atoms. The lowest BCUT2D eigenvalue weighted by Crippen LogP contribution is -2.28. The van der Waals surface area contributed by atoms with Crippen molar-refractivity contribution in [3.63, 3.8) is 0 Å². The maximum Gasteiger partial charge on any atom is 0.264 e. The molecule has 4 rings (SSSR count). The summed E-state index contributed by atoms with van der Waals surface area (Å²) in [6.07, 6.45) is 3.00. The first kappa shape index (κ1) is 24.3. The van der Waals surface area contributed by atoms with Gasteiger partial charge in [-0.1, -0.05) is 29.8 Å². The number of nitrogens with zero attached hydrogens (tertiary/aromatic N) is 5. The molecule has 0 atom stereocenters. The summed E-state index contributed by atoms with van der Waals surface area (Å²) < 4.78 is 28.5. The predicted molar refractivity (Wildman–Crippen MR) is 132 cm³/mol. The van der Waals surface area contributed by atoms with Gasteiger partial charge in [0.2, 0.25) is 10.0 Å². The fourth-order valence-corrected chi connectivity index (χ4v) is 4.55. The molecule has 0 bridgehead atoms. The van der Waals surface area contributed by atoms with E-state index in [9.17, 15) is 18.0 Å². The van der Waals surface area contributed by atoms with Crippen LogP contribution < -0.4 is 10.9 Å². The fraction of sp³-hybridized carbons (Fsp3) is 0.250. The first-order chi connectivity index (χ1) is 16.7. The second-order valence-electron chi connectivity index (χ2n) is 8.34. The molecule has 0 aliphatic heterocycles. The van der Waals surface area contributed by atoms with Crippen LogP contribution in [0.15, 0.2) is 70.7 Å². The molecule has 0 aliphatic rings. The molecule has 182 valence electrons. The molecular formula is C24H26N6O4S. The second kappa shape index (κ2) is 9.80. The fourth-order valence-electron chi connectivity index (χ4n) is 3.65. The van der Waals surface area contributed by atoms with Crippen molar-refractivity contribution in [1.29, 1.82) is 0 Å². The SMILES string of the molecule is Cc1cccc(Cn2cnc3c(cnn3CCNC(=O)c3ccc(S(=O)(=O)N(C)C)cc3)c2=O)c1. The summed E-state index contributed by atoms with van der Waals surface area (Å²) in [7, 11) is -0.662. The Labute approximate surface area is 202 Å². The van der Waals surface area contributed by atoms with E-state index in [-0.39, 0.29) is 22.9 Å². The second-order valence-corrected chi connectivity index (χ2v) is 10.5. The van der Waals surface area contributed by atoms with E-state index in [4.69, 9.17) is 0 Å². The van der Waals surface area contributed by atoms with Crippen LogP contribution in [0.3, 0.4) is 0 Å². The number of hydrogen-bond acceptors (Lipinski definition) is 6. The van der Waals surface area contributed by atoms with Crippen molar-refractivity contribution in [1.82, 2.24) is 29.0 Å². The van der Waals surface area contributed by atoms with E-state index in [1.54, 1.807) is 9.25 Å². The van der Waals surface area contributed by atoms with Crippen LogP contribution in [0, 0.1) is 6.92 Å². The third kappa shape index (κ3) is 5.15. The molecule has 0 unspecified atom stereocenters. The maximum absolute atomic E-state index is 12.9. The zero-order valence-corrected chi connectivity index (χ0v) is 20.5. The lowest BCUT2D eigenvalue weighted by molar-refractivity contribution is 0.0952. The molecule has 11 heteroatoms. The highest BCUT2D eigenvalue weighted by molar-refractivity contribution is 7.89. The summed E-state index contributed by atoms with van der Waals surface area (Å²) in [4.78, 5) is 29.9. The van der Waals surface area contributed by atoms with Gasteiger partial charge in [-0.3, -0.25) is 14.2 Å². The van der Waals surface area contributed by atoms with Crippen LogP contribution in [-0.4, -0.2) is 58.6 Å². The number of benzene rings is 2. The Balaban J connectivity index is 1.41. The van der Waals surface area contributed by atoms with Crippen molar-refractivity contribution in [2.45, 2.75) is 24.9 Å². The van der Waals surface area contributed by atoms with Crippen LogP contribution in [-0.2, 0) is 23.1 Å². The molecule has 0 fully saturated rings. The van der Waals surface area contributed by atoms with Crippen molar-refractivity contribution in [2.75, 3.05) is 20.6 Å². The zero-order valence-electron chi connectivity index (χ0n) is 19.7.